The molecule has 1 amide bonds. The molecule has 6 heteroatoms. The Bertz CT molecular complexity index is 831. The van der Waals surface area contributed by atoms with Crippen molar-refractivity contribution in [1.82, 2.24) is 14.7 Å². The zero-order valence-corrected chi connectivity index (χ0v) is 16.1. The summed E-state index contributed by atoms with van der Waals surface area (Å²) in [5, 5.41) is 13.8. The number of aryl methyl sites for hydroxylation is 2. The highest BCUT2D eigenvalue weighted by atomic mass is 35.5. The first kappa shape index (κ1) is 19.7. The van der Waals surface area contributed by atoms with Crippen LogP contribution in [-0.4, -0.2) is 27.6 Å². The summed E-state index contributed by atoms with van der Waals surface area (Å²) in [6.07, 6.45) is 5.32. The van der Waals surface area contributed by atoms with Crippen molar-refractivity contribution in [3.05, 3.63) is 57.9 Å². The molecule has 2 rings (SSSR count). The van der Waals surface area contributed by atoms with Crippen molar-refractivity contribution in [3.8, 4) is 6.07 Å². The Hall–Kier alpha value is -2.58. The van der Waals surface area contributed by atoms with Gasteiger partial charge in [-0.3, -0.25) is 9.48 Å². The second-order valence-electron chi connectivity index (χ2n) is 6.20. The number of hydrogen-bond acceptors (Lipinski definition) is 3. The molecule has 0 aliphatic heterocycles. The molecule has 2 aromatic rings. The Balaban J connectivity index is 2.04. The minimum absolute atomic E-state index is 0.119. The first-order valence-corrected chi connectivity index (χ1v) is 8.99. The molecule has 0 N–H and O–H groups in total. The van der Waals surface area contributed by atoms with Gasteiger partial charge < -0.3 is 4.90 Å². The number of hydrogen-bond donors (Lipinski definition) is 0. The molecule has 1 aromatic carbocycles. The maximum atomic E-state index is 12.4. The lowest BCUT2D eigenvalue weighted by Crippen LogP contribution is -2.24. The quantitative estimate of drug-likeness (QED) is 0.686. The van der Waals surface area contributed by atoms with Crippen LogP contribution in [0, 0.1) is 18.3 Å². The molecule has 0 saturated carbocycles. The molecule has 0 spiro atoms. The lowest BCUT2D eigenvalue weighted by Gasteiger charge is -2.15. The Morgan fingerprint density at radius 3 is 2.69 bits per heavy atom. The number of carbonyl (C=O) groups is 1. The zero-order valence-electron chi connectivity index (χ0n) is 15.4. The van der Waals surface area contributed by atoms with Crippen molar-refractivity contribution in [2.75, 3.05) is 7.05 Å². The van der Waals surface area contributed by atoms with Crippen LogP contribution in [0.15, 0.2) is 30.3 Å². The predicted molar refractivity (Wildman–Crippen MR) is 104 cm³/mol. The standard InChI is InChI=1S/C20H23ClN4O/c1-4-5-12-25-20(21)18(15(2)23-25)10-11-19(26)24(3)14-17-8-6-16(13-22)7-9-17/h6-11H,4-5,12,14H2,1-3H3/b11-10+. The van der Waals surface area contributed by atoms with Crippen molar-refractivity contribution in [1.29, 1.82) is 5.26 Å². The summed E-state index contributed by atoms with van der Waals surface area (Å²) in [5.74, 6) is -0.119. The number of rotatable bonds is 7. The largest absolute Gasteiger partial charge is 0.338 e. The minimum Gasteiger partial charge on any atom is -0.338 e. The van der Waals surface area contributed by atoms with Crippen LogP contribution in [0.4, 0.5) is 0 Å². The molecule has 0 aliphatic rings. The molecule has 0 unspecified atom stereocenters. The number of nitrogens with zero attached hydrogens (tertiary/aromatic N) is 4. The van der Waals surface area contributed by atoms with Crippen molar-refractivity contribution >= 4 is 23.6 Å². The third-order valence-electron chi connectivity index (χ3n) is 4.10. The van der Waals surface area contributed by atoms with Gasteiger partial charge in [-0.05, 0) is 37.1 Å². The summed E-state index contributed by atoms with van der Waals surface area (Å²) in [7, 11) is 1.74. The Morgan fingerprint density at radius 1 is 1.38 bits per heavy atom. The van der Waals surface area contributed by atoms with Crippen LogP contribution in [0.2, 0.25) is 5.15 Å². The molecule has 0 atom stereocenters. The van der Waals surface area contributed by atoms with E-state index >= 15 is 0 Å². The van der Waals surface area contributed by atoms with E-state index < -0.39 is 0 Å². The van der Waals surface area contributed by atoms with Crippen LogP contribution < -0.4 is 0 Å². The van der Waals surface area contributed by atoms with Gasteiger partial charge in [0, 0.05) is 31.8 Å². The highest BCUT2D eigenvalue weighted by Gasteiger charge is 2.12. The van der Waals surface area contributed by atoms with Crippen LogP contribution >= 0.6 is 11.6 Å². The maximum absolute atomic E-state index is 12.4. The SMILES string of the molecule is CCCCn1nc(C)c(/C=C/C(=O)N(C)Cc2ccc(C#N)cc2)c1Cl. The van der Waals surface area contributed by atoms with Crippen LogP contribution in [0.25, 0.3) is 6.08 Å². The Labute approximate surface area is 159 Å². The van der Waals surface area contributed by atoms with Crippen LogP contribution in [0.5, 0.6) is 0 Å². The van der Waals surface area contributed by atoms with Gasteiger partial charge in [0.25, 0.3) is 0 Å². The molecule has 0 radical (unpaired) electrons. The van der Waals surface area contributed by atoms with Crippen molar-refractivity contribution in [3.63, 3.8) is 0 Å². The van der Waals surface area contributed by atoms with E-state index in [-0.39, 0.29) is 5.91 Å². The Kier molecular flexibility index (Phi) is 6.99. The number of amides is 1. The van der Waals surface area contributed by atoms with Crippen LogP contribution in [0.1, 0.15) is 42.1 Å². The Morgan fingerprint density at radius 2 is 2.08 bits per heavy atom. The molecule has 136 valence electrons. The van der Waals surface area contributed by atoms with Crippen molar-refractivity contribution in [2.24, 2.45) is 0 Å². The highest BCUT2D eigenvalue weighted by molar-refractivity contribution is 6.31. The second-order valence-corrected chi connectivity index (χ2v) is 6.56. The van der Waals surface area contributed by atoms with E-state index in [1.165, 1.54) is 6.08 Å². The number of unbranched alkanes of at least 4 members (excludes halogenated alkanes) is 1. The van der Waals surface area contributed by atoms with Crippen molar-refractivity contribution < 1.29 is 4.79 Å². The average molecular weight is 371 g/mol. The highest BCUT2D eigenvalue weighted by Crippen LogP contribution is 2.22. The van der Waals surface area contributed by atoms with Gasteiger partial charge in [0.2, 0.25) is 5.91 Å². The number of carbonyl (C=O) groups excluding carboxylic acids is 1. The second kappa shape index (κ2) is 9.21. The first-order chi connectivity index (χ1) is 12.5. The number of nitriles is 1. The molecular formula is C20H23ClN4O. The smallest absolute Gasteiger partial charge is 0.246 e. The zero-order chi connectivity index (χ0) is 19.1. The topological polar surface area (TPSA) is 61.9 Å². The normalized spacial score (nSPS) is 10.9. The lowest BCUT2D eigenvalue weighted by molar-refractivity contribution is -0.125. The van der Waals surface area contributed by atoms with Gasteiger partial charge in [-0.2, -0.15) is 10.4 Å². The van der Waals surface area contributed by atoms with Gasteiger partial charge in [0.05, 0.1) is 17.3 Å². The summed E-state index contributed by atoms with van der Waals surface area (Å²) in [6.45, 7) is 5.25. The average Bonchev–Trinajstić information content (AvgIpc) is 2.91. The molecule has 0 aliphatic carbocycles. The van der Waals surface area contributed by atoms with Gasteiger partial charge in [-0.1, -0.05) is 37.1 Å². The molecule has 26 heavy (non-hydrogen) atoms. The molecule has 1 aromatic heterocycles. The number of halogens is 1. The fourth-order valence-corrected chi connectivity index (χ4v) is 2.85. The summed E-state index contributed by atoms with van der Waals surface area (Å²) in [6, 6.07) is 9.28. The van der Waals surface area contributed by atoms with Gasteiger partial charge in [-0.15, -0.1) is 0 Å². The van der Waals surface area contributed by atoms with Gasteiger partial charge in [0.1, 0.15) is 5.15 Å². The number of aromatic nitrogens is 2. The van der Waals surface area contributed by atoms with E-state index in [4.69, 9.17) is 16.9 Å². The summed E-state index contributed by atoms with van der Waals surface area (Å²) >= 11 is 6.38. The first-order valence-electron chi connectivity index (χ1n) is 8.61. The van der Waals surface area contributed by atoms with E-state index in [0.717, 1.165) is 36.2 Å². The summed E-state index contributed by atoms with van der Waals surface area (Å²) < 4.78 is 1.78. The molecule has 5 nitrogen and oxygen atoms in total. The fraction of sp³-hybridized carbons (Fsp3) is 0.350. The third kappa shape index (κ3) is 4.96. The van der Waals surface area contributed by atoms with E-state index in [2.05, 4.69) is 18.1 Å². The monoisotopic (exact) mass is 370 g/mol. The summed E-state index contributed by atoms with van der Waals surface area (Å²) in [5.41, 5.74) is 3.16. The fourth-order valence-electron chi connectivity index (χ4n) is 2.53. The number of benzene rings is 1. The van der Waals surface area contributed by atoms with Gasteiger partial charge in [0.15, 0.2) is 0 Å². The van der Waals surface area contributed by atoms with E-state index in [1.54, 1.807) is 34.8 Å². The minimum atomic E-state index is -0.119. The third-order valence-corrected chi connectivity index (χ3v) is 4.50. The maximum Gasteiger partial charge on any atom is 0.246 e. The van der Waals surface area contributed by atoms with Gasteiger partial charge in [-0.25, -0.2) is 0 Å². The molecule has 0 fully saturated rings. The molecule has 0 bridgehead atoms. The van der Waals surface area contributed by atoms with E-state index in [9.17, 15) is 4.79 Å². The van der Waals surface area contributed by atoms with Gasteiger partial charge >= 0.3 is 0 Å². The van der Waals surface area contributed by atoms with Crippen molar-refractivity contribution in [2.45, 2.75) is 39.8 Å². The van der Waals surface area contributed by atoms with Crippen LogP contribution in [0.3, 0.4) is 0 Å². The molecular weight excluding hydrogens is 348 g/mol. The van der Waals surface area contributed by atoms with E-state index in [0.29, 0.717) is 17.3 Å². The lowest BCUT2D eigenvalue weighted by atomic mass is 10.1. The van der Waals surface area contributed by atoms with Crippen LogP contribution in [-0.2, 0) is 17.9 Å². The van der Waals surface area contributed by atoms with E-state index in [1.807, 2.05) is 19.1 Å². The number of likely N-dealkylation sites (N-methyl/N-ethyl adjacent to an activating group) is 1. The molecule has 0 saturated heterocycles. The predicted octanol–water partition coefficient (Wildman–Crippen LogP) is 4.19. The molecule has 1 heterocycles. The summed E-state index contributed by atoms with van der Waals surface area (Å²) in [4.78, 5) is 14.0.